The van der Waals surface area contributed by atoms with Crippen molar-refractivity contribution in [2.75, 3.05) is 6.54 Å². The Kier molecular flexibility index (Phi) is 6.65. The maximum absolute atomic E-state index is 12.2. The van der Waals surface area contributed by atoms with E-state index in [4.69, 9.17) is 0 Å². The van der Waals surface area contributed by atoms with Crippen molar-refractivity contribution in [1.82, 2.24) is 10.0 Å². The van der Waals surface area contributed by atoms with Crippen molar-refractivity contribution in [1.29, 1.82) is 0 Å². The molecule has 0 unspecified atom stereocenters. The van der Waals surface area contributed by atoms with E-state index in [-0.39, 0.29) is 29.6 Å². The van der Waals surface area contributed by atoms with Gasteiger partial charge in [-0.1, -0.05) is 42.0 Å². The molecule has 2 aromatic carbocycles. The minimum absolute atomic E-state index is 0.00353. The molecule has 1 amide bonds. The molecular formula is C19H22N2O4S. The van der Waals surface area contributed by atoms with Crippen LogP contribution in [0.1, 0.15) is 34.8 Å². The number of ketones is 1. The molecule has 0 aliphatic rings. The summed E-state index contributed by atoms with van der Waals surface area (Å²) >= 11 is 0. The molecule has 0 aliphatic carbocycles. The zero-order valence-corrected chi connectivity index (χ0v) is 15.6. The predicted octanol–water partition coefficient (Wildman–Crippen LogP) is 2.18. The second kappa shape index (κ2) is 8.73. The summed E-state index contributed by atoms with van der Waals surface area (Å²) in [6, 6.07) is 13.5. The Balaban J connectivity index is 1.82. The van der Waals surface area contributed by atoms with Gasteiger partial charge >= 0.3 is 0 Å². The number of carbonyl (C=O) groups excluding carboxylic acids is 2. The highest BCUT2D eigenvalue weighted by Crippen LogP contribution is 2.11. The molecule has 0 aliphatic heterocycles. The van der Waals surface area contributed by atoms with Crippen molar-refractivity contribution < 1.29 is 18.0 Å². The lowest BCUT2D eigenvalue weighted by atomic mass is 10.1. The number of aryl methyl sites for hydroxylation is 1. The van der Waals surface area contributed by atoms with Crippen LogP contribution in [0.3, 0.4) is 0 Å². The summed E-state index contributed by atoms with van der Waals surface area (Å²) in [6.07, 6.45) is 0.0383. The minimum Gasteiger partial charge on any atom is -0.352 e. The molecule has 138 valence electrons. The van der Waals surface area contributed by atoms with E-state index >= 15 is 0 Å². The molecule has 0 fully saturated rings. The standard InChI is InChI=1S/C19H22N2O4S/c1-14-4-3-5-16(12-14)13-20-19(23)10-11-21-26(24,25)18-8-6-17(7-9-18)15(2)22/h3-9,12,21H,10-11,13H2,1-2H3,(H,20,23). The van der Waals surface area contributed by atoms with Crippen LogP contribution in [0.2, 0.25) is 0 Å². The number of sulfonamides is 1. The Morgan fingerprint density at radius 2 is 1.73 bits per heavy atom. The topological polar surface area (TPSA) is 92.3 Å². The van der Waals surface area contributed by atoms with E-state index in [1.807, 2.05) is 31.2 Å². The van der Waals surface area contributed by atoms with Crippen molar-refractivity contribution in [3.63, 3.8) is 0 Å². The van der Waals surface area contributed by atoms with Gasteiger partial charge < -0.3 is 5.32 Å². The molecular weight excluding hydrogens is 352 g/mol. The van der Waals surface area contributed by atoms with Crippen molar-refractivity contribution in [2.45, 2.75) is 31.7 Å². The predicted molar refractivity (Wildman–Crippen MR) is 99.3 cm³/mol. The van der Waals surface area contributed by atoms with E-state index in [0.29, 0.717) is 12.1 Å². The number of nitrogens with one attached hydrogen (secondary N) is 2. The van der Waals surface area contributed by atoms with Crippen molar-refractivity contribution >= 4 is 21.7 Å². The normalized spacial score (nSPS) is 11.2. The molecule has 0 saturated heterocycles. The molecule has 7 heteroatoms. The lowest BCUT2D eigenvalue weighted by Crippen LogP contribution is -2.30. The summed E-state index contributed by atoms with van der Waals surface area (Å²) in [5, 5.41) is 2.76. The fraction of sp³-hybridized carbons (Fsp3) is 0.263. The molecule has 2 rings (SSSR count). The zero-order chi connectivity index (χ0) is 19.2. The van der Waals surface area contributed by atoms with Crippen LogP contribution in [-0.4, -0.2) is 26.7 Å². The molecule has 0 radical (unpaired) electrons. The zero-order valence-electron chi connectivity index (χ0n) is 14.8. The second-order valence-electron chi connectivity index (χ2n) is 5.99. The van der Waals surface area contributed by atoms with Crippen molar-refractivity contribution in [2.24, 2.45) is 0 Å². The van der Waals surface area contributed by atoms with E-state index < -0.39 is 10.0 Å². The first-order valence-corrected chi connectivity index (χ1v) is 9.69. The number of benzene rings is 2. The van der Waals surface area contributed by atoms with Crippen molar-refractivity contribution in [3.8, 4) is 0 Å². The van der Waals surface area contributed by atoms with Crippen LogP contribution in [-0.2, 0) is 21.4 Å². The lowest BCUT2D eigenvalue weighted by Gasteiger charge is -2.08. The fourth-order valence-electron chi connectivity index (χ4n) is 2.36. The largest absolute Gasteiger partial charge is 0.352 e. The number of hydrogen-bond donors (Lipinski definition) is 2. The Morgan fingerprint density at radius 1 is 1.04 bits per heavy atom. The first kappa shape index (κ1) is 19.8. The van der Waals surface area contributed by atoms with E-state index in [1.165, 1.54) is 31.2 Å². The third-order valence-electron chi connectivity index (χ3n) is 3.79. The first-order chi connectivity index (χ1) is 12.3. The SMILES string of the molecule is CC(=O)c1ccc(S(=O)(=O)NCCC(=O)NCc2cccc(C)c2)cc1. The molecule has 2 N–H and O–H groups in total. The van der Waals surface area contributed by atoms with Gasteiger partial charge in [0, 0.05) is 25.1 Å². The van der Waals surface area contributed by atoms with Gasteiger partial charge in [-0.2, -0.15) is 0 Å². The average molecular weight is 374 g/mol. The molecule has 0 bridgehead atoms. The number of carbonyl (C=O) groups is 2. The molecule has 0 heterocycles. The summed E-state index contributed by atoms with van der Waals surface area (Å²) in [5.41, 5.74) is 2.55. The second-order valence-corrected chi connectivity index (χ2v) is 7.76. The van der Waals surface area contributed by atoms with Gasteiger partial charge in [0.15, 0.2) is 5.78 Å². The van der Waals surface area contributed by atoms with Gasteiger partial charge in [0.25, 0.3) is 0 Å². The van der Waals surface area contributed by atoms with Gasteiger partial charge in [0.05, 0.1) is 4.90 Å². The van der Waals surface area contributed by atoms with Crippen LogP contribution < -0.4 is 10.0 Å². The smallest absolute Gasteiger partial charge is 0.240 e. The summed E-state index contributed by atoms with van der Waals surface area (Å²) in [7, 11) is -3.71. The Morgan fingerprint density at radius 3 is 2.35 bits per heavy atom. The van der Waals surface area contributed by atoms with Crippen LogP contribution >= 0.6 is 0 Å². The average Bonchev–Trinajstić information content (AvgIpc) is 2.60. The van der Waals surface area contributed by atoms with Gasteiger partial charge in [-0.15, -0.1) is 0 Å². The first-order valence-electron chi connectivity index (χ1n) is 8.21. The lowest BCUT2D eigenvalue weighted by molar-refractivity contribution is -0.121. The van der Waals surface area contributed by atoms with Crippen LogP contribution in [0, 0.1) is 6.92 Å². The summed E-state index contributed by atoms with van der Waals surface area (Å²) in [5.74, 6) is -0.367. The van der Waals surface area contributed by atoms with E-state index in [2.05, 4.69) is 10.0 Å². The van der Waals surface area contributed by atoms with Gasteiger partial charge in [-0.25, -0.2) is 13.1 Å². The van der Waals surface area contributed by atoms with Gasteiger partial charge in [-0.05, 0) is 31.5 Å². The monoisotopic (exact) mass is 374 g/mol. The van der Waals surface area contributed by atoms with Crippen LogP contribution in [0.4, 0.5) is 0 Å². The quantitative estimate of drug-likeness (QED) is 0.693. The fourth-order valence-corrected chi connectivity index (χ4v) is 3.39. The molecule has 0 aromatic heterocycles. The Hall–Kier alpha value is -2.51. The molecule has 26 heavy (non-hydrogen) atoms. The van der Waals surface area contributed by atoms with E-state index in [1.54, 1.807) is 0 Å². The van der Waals surface area contributed by atoms with Crippen LogP contribution in [0.15, 0.2) is 53.4 Å². The highest BCUT2D eigenvalue weighted by atomic mass is 32.2. The maximum atomic E-state index is 12.2. The van der Waals surface area contributed by atoms with Crippen LogP contribution in [0.5, 0.6) is 0 Å². The number of rotatable bonds is 8. The number of amides is 1. The summed E-state index contributed by atoms with van der Waals surface area (Å²) < 4.78 is 26.8. The van der Waals surface area contributed by atoms with Gasteiger partial charge in [-0.3, -0.25) is 9.59 Å². The Bertz CT molecular complexity index is 890. The van der Waals surface area contributed by atoms with Crippen LogP contribution in [0.25, 0.3) is 0 Å². The molecule has 2 aromatic rings. The summed E-state index contributed by atoms with van der Waals surface area (Å²) in [6.45, 7) is 3.79. The number of Topliss-reactive ketones (excluding diaryl/α,β-unsaturated/α-hetero) is 1. The highest BCUT2D eigenvalue weighted by molar-refractivity contribution is 7.89. The summed E-state index contributed by atoms with van der Waals surface area (Å²) in [4.78, 5) is 23.1. The maximum Gasteiger partial charge on any atom is 0.240 e. The Labute approximate surface area is 153 Å². The molecule has 6 nitrogen and oxygen atoms in total. The van der Waals surface area contributed by atoms with E-state index in [9.17, 15) is 18.0 Å². The minimum atomic E-state index is -3.71. The van der Waals surface area contributed by atoms with Gasteiger partial charge in [0.1, 0.15) is 0 Å². The third kappa shape index (κ3) is 5.79. The molecule has 0 atom stereocenters. The van der Waals surface area contributed by atoms with E-state index in [0.717, 1.165) is 11.1 Å². The highest BCUT2D eigenvalue weighted by Gasteiger charge is 2.14. The van der Waals surface area contributed by atoms with Crippen molar-refractivity contribution in [3.05, 3.63) is 65.2 Å². The third-order valence-corrected chi connectivity index (χ3v) is 5.26. The number of hydrogen-bond acceptors (Lipinski definition) is 4. The van der Waals surface area contributed by atoms with Gasteiger partial charge in [0.2, 0.25) is 15.9 Å². The molecule has 0 spiro atoms. The molecule has 0 saturated carbocycles.